The van der Waals surface area contributed by atoms with Crippen molar-refractivity contribution < 1.29 is 9.84 Å². The zero-order chi connectivity index (χ0) is 13.0. The zero-order valence-electron chi connectivity index (χ0n) is 9.88. The molecular weight excluding hydrogens is 296 g/mol. The zero-order valence-corrected chi connectivity index (χ0v) is 11.5. The van der Waals surface area contributed by atoms with Crippen molar-refractivity contribution in [2.45, 2.75) is 12.5 Å². The maximum Gasteiger partial charge on any atom is 0.133 e. The van der Waals surface area contributed by atoms with Crippen LogP contribution >= 0.6 is 15.9 Å². The van der Waals surface area contributed by atoms with E-state index in [0.29, 0.717) is 12.0 Å². The topological polar surface area (TPSA) is 55.2 Å². The Labute approximate surface area is 114 Å². The molecule has 2 rings (SSSR count). The lowest BCUT2D eigenvalue weighted by atomic mass is 10.0. The lowest BCUT2D eigenvalue weighted by Gasteiger charge is -2.11. The number of aliphatic hydroxyl groups is 1. The number of aromatic nitrogens is 2. The Kier molecular flexibility index (Phi) is 4.28. The van der Waals surface area contributed by atoms with E-state index >= 15 is 0 Å². The average molecular weight is 309 g/mol. The fourth-order valence-electron chi connectivity index (χ4n) is 1.66. The molecular formula is C13H13BrN2O2. The molecule has 18 heavy (non-hydrogen) atoms. The molecule has 0 bridgehead atoms. The molecule has 1 aromatic carbocycles. The van der Waals surface area contributed by atoms with Gasteiger partial charge in [-0.3, -0.25) is 0 Å². The van der Waals surface area contributed by atoms with E-state index in [9.17, 15) is 5.11 Å². The van der Waals surface area contributed by atoms with Crippen molar-refractivity contribution in [3.63, 3.8) is 0 Å². The van der Waals surface area contributed by atoms with E-state index < -0.39 is 6.10 Å². The molecule has 5 heteroatoms. The van der Waals surface area contributed by atoms with Crippen LogP contribution in [0, 0.1) is 0 Å². The lowest BCUT2D eigenvalue weighted by molar-refractivity contribution is 0.177. The molecule has 1 aromatic heterocycles. The van der Waals surface area contributed by atoms with Crippen molar-refractivity contribution in [3.8, 4) is 5.75 Å². The smallest absolute Gasteiger partial charge is 0.133 e. The van der Waals surface area contributed by atoms with E-state index in [2.05, 4.69) is 25.9 Å². The average Bonchev–Trinajstić information content (AvgIpc) is 2.40. The molecule has 1 atom stereocenters. The van der Waals surface area contributed by atoms with Crippen LogP contribution in [0.15, 0.2) is 41.4 Å². The largest absolute Gasteiger partial charge is 0.496 e. The number of hydrogen-bond acceptors (Lipinski definition) is 4. The minimum Gasteiger partial charge on any atom is -0.496 e. The molecule has 1 N–H and O–H groups in total. The number of benzene rings is 1. The number of halogens is 1. The third kappa shape index (κ3) is 3.05. The number of ether oxygens (including phenoxy) is 1. The third-order valence-corrected chi connectivity index (χ3v) is 3.23. The standard InChI is InChI=1S/C13H13BrN2O2/c1-18-13-3-2-9(4-11(13)14)5-12(17)10-6-15-8-16-7-10/h2-4,6-8,12,17H,5H2,1H3. The van der Waals surface area contributed by atoms with Crippen molar-refractivity contribution in [2.24, 2.45) is 0 Å². The van der Waals surface area contributed by atoms with Crippen LogP contribution in [0.25, 0.3) is 0 Å². The van der Waals surface area contributed by atoms with Crippen LogP contribution in [-0.2, 0) is 6.42 Å². The van der Waals surface area contributed by atoms with Gasteiger partial charge in [0.25, 0.3) is 0 Å². The molecule has 1 unspecified atom stereocenters. The number of rotatable bonds is 4. The highest BCUT2D eigenvalue weighted by Crippen LogP contribution is 2.27. The third-order valence-electron chi connectivity index (χ3n) is 2.61. The van der Waals surface area contributed by atoms with Crippen LogP contribution < -0.4 is 4.74 Å². The summed E-state index contributed by atoms with van der Waals surface area (Å²) in [5, 5.41) is 10.1. The van der Waals surface area contributed by atoms with E-state index in [-0.39, 0.29) is 0 Å². The van der Waals surface area contributed by atoms with E-state index in [0.717, 1.165) is 15.8 Å². The molecule has 4 nitrogen and oxygen atoms in total. The van der Waals surface area contributed by atoms with Crippen LogP contribution in [0.3, 0.4) is 0 Å². The number of aliphatic hydroxyl groups excluding tert-OH is 1. The molecule has 1 heterocycles. The van der Waals surface area contributed by atoms with Gasteiger partial charge in [0.05, 0.1) is 17.7 Å². The molecule has 0 aliphatic carbocycles. The summed E-state index contributed by atoms with van der Waals surface area (Å²) < 4.78 is 6.03. The Hall–Kier alpha value is -1.46. The van der Waals surface area contributed by atoms with E-state index in [1.165, 1.54) is 6.33 Å². The number of hydrogen-bond donors (Lipinski definition) is 1. The summed E-state index contributed by atoms with van der Waals surface area (Å²) in [6, 6.07) is 5.73. The van der Waals surface area contributed by atoms with Gasteiger partial charge in [-0.2, -0.15) is 0 Å². The summed E-state index contributed by atoms with van der Waals surface area (Å²) in [5.74, 6) is 0.774. The fourth-order valence-corrected chi connectivity index (χ4v) is 2.25. The molecule has 0 fully saturated rings. The maximum atomic E-state index is 10.1. The fraction of sp³-hybridized carbons (Fsp3) is 0.231. The van der Waals surface area contributed by atoms with Crippen molar-refractivity contribution >= 4 is 15.9 Å². The minimum absolute atomic E-state index is 0.510. The predicted octanol–water partition coefficient (Wildman–Crippen LogP) is 2.52. The Balaban J connectivity index is 2.12. The van der Waals surface area contributed by atoms with Crippen LogP contribution in [0.2, 0.25) is 0 Å². The van der Waals surface area contributed by atoms with Gasteiger partial charge in [-0.1, -0.05) is 6.07 Å². The monoisotopic (exact) mass is 308 g/mol. The van der Waals surface area contributed by atoms with Crippen LogP contribution in [0.5, 0.6) is 5.75 Å². The first kappa shape index (κ1) is 13.0. The Bertz CT molecular complexity index is 520. The second-order valence-corrected chi connectivity index (χ2v) is 4.71. The summed E-state index contributed by atoms with van der Waals surface area (Å²) >= 11 is 3.42. The molecule has 0 spiro atoms. The Morgan fingerprint density at radius 2 is 2.06 bits per heavy atom. The van der Waals surface area contributed by atoms with Crippen LogP contribution in [-0.4, -0.2) is 22.2 Å². The normalized spacial score (nSPS) is 12.2. The second kappa shape index (κ2) is 5.93. The van der Waals surface area contributed by atoms with Crippen molar-refractivity contribution in [2.75, 3.05) is 7.11 Å². The Morgan fingerprint density at radius 1 is 1.33 bits per heavy atom. The van der Waals surface area contributed by atoms with Gasteiger partial charge in [0.15, 0.2) is 0 Å². The summed E-state index contributed by atoms with van der Waals surface area (Å²) in [7, 11) is 1.62. The summed E-state index contributed by atoms with van der Waals surface area (Å²) in [6.07, 6.45) is 4.59. The van der Waals surface area contributed by atoms with Gasteiger partial charge < -0.3 is 9.84 Å². The quantitative estimate of drug-likeness (QED) is 0.943. The van der Waals surface area contributed by atoms with E-state index in [1.54, 1.807) is 19.5 Å². The number of nitrogens with zero attached hydrogens (tertiary/aromatic N) is 2. The van der Waals surface area contributed by atoms with Gasteiger partial charge in [0, 0.05) is 24.4 Å². The molecule has 0 aliphatic rings. The van der Waals surface area contributed by atoms with Gasteiger partial charge in [-0.05, 0) is 33.6 Å². The van der Waals surface area contributed by atoms with Crippen molar-refractivity contribution in [1.29, 1.82) is 0 Å². The first-order chi connectivity index (χ1) is 8.70. The molecule has 2 aromatic rings. The van der Waals surface area contributed by atoms with Gasteiger partial charge in [0.2, 0.25) is 0 Å². The summed E-state index contributed by atoms with van der Waals surface area (Å²) in [6.45, 7) is 0. The minimum atomic E-state index is -0.605. The lowest BCUT2D eigenvalue weighted by Crippen LogP contribution is -2.03. The number of methoxy groups -OCH3 is 1. The first-order valence-corrected chi connectivity index (χ1v) is 6.25. The second-order valence-electron chi connectivity index (χ2n) is 3.86. The molecule has 0 saturated heterocycles. The summed E-state index contributed by atoms with van der Waals surface area (Å²) in [5.41, 5.74) is 1.73. The highest BCUT2D eigenvalue weighted by Gasteiger charge is 2.10. The van der Waals surface area contributed by atoms with E-state index in [1.807, 2.05) is 18.2 Å². The molecule has 0 saturated carbocycles. The predicted molar refractivity (Wildman–Crippen MR) is 71.4 cm³/mol. The molecule has 0 amide bonds. The van der Waals surface area contributed by atoms with Crippen LogP contribution in [0.1, 0.15) is 17.2 Å². The van der Waals surface area contributed by atoms with Gasteiger partial charge >= 0.3 is 0 Å². The highest BCUT2D eigenvalue weighted by atomic mass is 79.9. The van der Waals surface area contributed by atoms with Gasteiger partial charge in [-0.15, -0.1) is 0 Å². The first-order valence-electron chi connectivity index (χ1n) is 5.46. The van der Waals surface area contributed by atoms with Crippen molar-refractivity contribution in [3.05, 3.63) is 52.5 Å². The van der Waals surface area contributed by atoms with E-state index in [4.69, 9.17) is 4.74 Å². The SMILES string of the molecule is COc1ccc(CC(O)c2cncnc2)cc1Br. The highest BCUT2D eigenvalue weighted by molar-refractivity contribution is 9.10. The summed E-state index contributed by atoms with van der Waals surface area (Å²) in [4.78, 5) is 7.78. The van der Waals surface area contributed by atoms with Gasteiger partial charge in [-0.25, -0.2) is 9.97 Å². The molecule has 94 valence electrons. The van der Waals surface area contributed by atoms with Crippen LogP contribution in [0.4, 0.5) is 0 Å². The Morgan fingerprint density at radius 3 is 2.67 bits per heavy atom. The van der Waals surface area contributed by atoms with Crippen molar-refractivity contribution in [1.82, 2.24) is 9.97 Å². The maximum absolute atomic E-state index is 10.1. The van der Waals surface area contributed by atoms with Gasteiger partial charge in [0.1, 0.15) is 12.1 Å². The molecule has 0 aliphatic heterocycles. The molecule has 0 radical (unpaired) electrons.